The molecule has 1 aromatic carbocycles. The highest BCUT2D eigenvalue weighted by atomic mass is 15.2. The minimum absolute atomic E-state index is 0.104. The van der Waals surface area contributed by atoms with E-state index in [9.17, 15) is 5.26 Å². The fraction of sp³-hybridized carbons (Fsp3) is 0.308. The smallest absolute Gasteiger partial charge is 0.124 e. The van der Waals surface area contributed by atoms with Gasteiger partial charge in [-0.05, 0) is 17.5 Å². The highest BCUT2D eigenvalue weighted by Gasteiger charge is 2.25. The number of benzene rings is 1. The zero-order chi connectivity index (χ0) is 10.7. The zero-order valence-corrected chi connectivity index (χ0v) is 8.69. The Bertz CT molecular complexity index is 403. The molecule has 0 amide bonds. The van der Waals surface area contributed by atoms with Crippen molar-refractivity contribution in [1.29, 1.82) is 5.26 Å². The molecule has 0 fully saturated rings. The molecular formula is C13H14N2. The Kier molecular flexibility index (Phi) is 2.84. The van der Waals surface area contributed by atoms with Crippen LogP contribution >= 0.6 is 0 Å². The molecule has 0 radical (unpaired) electrons. The standard InChI is InChI=1S/C13H14N2/c1-2-8-15-9-7-11-5-3-4-6-12(11)13(15)10-14/h2-6,13H,1,7-9H2. The Morgan fingerprint density at radius 2 is 2.33 bits per heavy atom. The Morgan fingerprint density at radius 1 is 1.53 bits per heavy atom. The first-order valence-corrected chi connectivity index (χ1v) is 5.19. The second kappa shape index (κ2) is 4.29. The number of nitrogens with zero attached hydrogens (tertiary/aromatic N) is 2. The lowest BCUT2D eigenvalue weighted by Gasteiger charge is -2.32. The summed E-state index contributed by atoms with van der Waals surface area (Å²) in [6.45, 7) is 5.46. The van der Waals surface area contributed by atoms with Crippen molar-refractivity contribution in [3.63, 3.8) is 0 Å². The molecular weight excluding hydrogens is 184 g/mol. The summed E-state index contributed by atoms with van der Waals surface area (Å²) in [5.74, 6) is 0. The van der Waals surface area contributed by atoms with Gasteiger partial charge in [0.25, 0.3) is 0 Å². The van der Waals surface area contributed by atoms with E-state index in [2.05, 4.69) is 29.7 Å². The third-order valence-corrected chi connectivity index (χ3v) is 2.87. The maximum absolute atomic E-state index is 9.21. The summed E-state index contributed by atoms with van der Waals surface area (Å²) in [7, 11) is 0. The third-order valence-electron chi connectivity index (χ3n) is 2.87. The molecule has 1 aromatic rings. The van der Waals surface area contributed by atoms with Gasteiger partial charge >= 0.3 is 0 Å². The second-order valence-corrected chi connectivity index (χ2v) is 3.76. The molecule has 0 aromatic heterocycles. The van der Waals surface area contributed by atoms with Crippen molar-refractivity contribution in [2.24, 2.45) is 0 Å². The largest absolute Gasteiger partial charge is 0.280 e. The topological polar surface area (TPSA) is 27.0 Å². The lowest BCUT2D eigenvalue weighted by atomic mass is 9.93. The van der Waals surface area contributed by atoms with Gasteiger partial charge in [0.2, 0.25) is 0 Å². The number of nitriles is 1. The van der Waals surface area contributed by atoms with Gasteiger partial charge in [0.1, 0.15) is 6.04 Å². The predicted molar refractivity (Wildman–Crippen MR) is 60.3 cm³/mol. The van der Waals surface area contributed by atoms with Crippen molar-refractivity contribution < 1.29 is 0 Å². The van der Waals surface area contributed by atoms with Crippen molar-refractivity contribution in [1.82, 2.24) is 4.90 Å². The van der Waals surface area contributed by atoms with E-state index in [1.54, 1.807) is 0 Å². The lowest BCUT2D eigenvalue weighted by Crippen LogP contribution is -2.34. The van der Waals surface area contributed by atoms with Crippen LogP contribution in [0.2, 0.25) is 0 Å². The maximum atomic E-state index is 9.21. The predicted octanol–water partition coefficient (Wildman–Crippen LogP) is 2.30. The molecule has 0 saturated carbocycles. The van der Waals surface area contributed by atoms with Gasteiger partial charge in [-0.3, -0.25) is 4.90 Å². The van der Waals surface area contributed by atoms with E-state index in [4.69, 9.17) is 0 Å². The normalized spacial score (nSPS) is 20.3. The van der Waals surface area contributed by atoms with Crippen molar-refractivity contribution in [3.05, 3.63) is 48.0 Å². The molecule has 1 atom stereocenters. The summed E-state index contributed by atoms with van der Waals surface area (Å²) in [5, 5.41) is 9.21. The molecule has 1 unspecified atom stereocenters. The molecule has 0 aliphatic carbocycles. The Morgan fingerprint density at radius 3 is 3.07 bits per heavy atom. The summed E-state index contributed by atoms with van der Waals surface area (Å²) in [6.07, 6.45) is 2.89. The molecule has 0 saturated heterocycles. The number of hydrogen-bond donors (Lipinski definition) is 0. The molecule has 0 bridgehead atoms. The molecule has 76 valence electrons. The van der Waals surface area contributed by atoms with Crippen LogP contribution in [0.25, 0.3) is 0 Å². The van der Waals surface area contributed by atoms with Gasteiger partial charge in [-0.15, -0.1) is 6.58 Å². The molecule has 1 aliphatic heterocycles. The van der Waals surface area contributed by atoms with E-state index < -0.39 is 0 Å². The van der Waals surface area contributed by atoms with E-state index in [1.165, 1.54) is 5.56 Å². The minimum atomic E-state index is -0.104. The molecule has 0 N–H and O–H groups in total. The number of rotatable bonds is 2. The van der Waals surface area contributed by atoms with Gasteiger partial charge in [-0.2, -0.15) is 5.26 Å². The first-order valence-electron chi connectivity index (χ1n) is 5.19. The van der Waals surface area contributed by atoms with Gasteiger partial charge in [-0.25, -0.2) is 0 Å². The molecule has 1 aliphatic rings. The first-order chi connectivity index (χ1) is 7.36. The van der Waals surface area contributed by atoms with Crippen LogP contribution in [0.1, 0.15) is 17.2 Å². The number of hydrogen-bond acceptors (Lipinski definition) is 2. The summed E-state index contributed by atoms with van der Waals surface area (Å²) in [4.78, 5) is 2.16. The van der Waals surface area contributed by atoms with Crippen LogP contribution in [0.4, 0.5) is 0 Å². The van der Waals surface area contributed by atoms with Crippen molar-refractivity contribution >= 4 is 0 Å². The van der Waals surface area contributed by atoms with Gasteiger partial charge < -0.3 is 0 Å². The van der Waals surface area contributed by atoms with Crippen molar-refractivity contribution in [2.45, 2.75) is 12.5 Å². The minimum Gasteiger partial charge on any atom is -0.280 e. The highest BCUT2D eigenvalue weighted by Crippen LogP contribution is 2.28. The van der Waals surface area contributed by atoms with Crippen LogP contribution in [-0.2, 0) is 6.42 Å². The first kappa shape index (κ1) is 9.95. The van der Waals surface area contributed by atoms with Crippen LogP contribution < -0.4 is 0 Å². The van der Waals surface area contributed by atoms with Crippen LogP contribution in [0.15, 0.2) is 36.9 Å². The van der Waals surface area contributed by atoms with E-state index >= 15 is 0 Å². The average molecular weight is 198 g/mol. The van der Waals surface area contributed by atoms with E-state index in [0.717, 1.165) is 25.1 Å². The molecule has 2 heteroatoms. The SMILES string of the molecule is C=CCN1CCc2ccccc2C1C#N. The molecule has 15 heavy (non-hydrogen) atoms. The quantitative estimate of drug-likeness (QED) is 0.682. The molecule has 2 rings (SSSR count). The van der Waals surface area contributed by atoms with Gasteiger partial charge in [-0.1, -0.05) is 30.3 Å². The van der Waals surface area contributed by atoms with Crippen LogP contribution in [0.3, 0.4) is 0 Å². The van der Waals surface area contributed by atoms with E-state index in [0.29, 0.717) is 0 Å². The van der Waals surface area contributed by atoms with Gasteiger partial charge in [0, 0.05) is 13.1 Å². The fourth-order valence-electron chi connectivity index (χ4n) is 2.13. The summed E-state index contributed by atoms with van der Waals surface area (Å²) in [5.41, 5.74) is 2.47. The van der Waals surface area contributed by atoms with Crippen LogP contribution in [0.5, 0.6) is 0 Å². The van der Waals surface area contributed by atoms with E-state index in [-0.39, 0.29) is 6.04 Å². The van der Waals surface area contributed by atoms with Crippen LogP contribution in [0, 0.1) is 11.3 Å². The summed E-state index contributed by atoms with van der Waals surface area (Å²) in [6, 6.07) is 10.5. The number of fused-ring (bicyclic) bond motifs is 1. The van der Waals surface area contributed by atoms with Crippen LogP contribution in [-0.4, -0.2) is 18.0 Å². The Labute approximate surface area is 90.4 Å². The fourth-order valence-corrected chi connectivity index (χ4v) is 2.13. The van der Waals surface area contributed by atoms with Crippen molar-refractivity contribution in [3.8, 4) is 6.07 Å². The average Bonchev–Trinajstić information content (AvgIpc) is 2.29. The highest BCUT2D eigenvalue weighted by molar-refractivity contribution is 5.35. The van der Waals surface area contributed by atoms with Gasteiger partial charge in [0.05, 0.1) is 6.07 Å². The molecule has 2 nitrogen and oxygen atoms in total. The summed E-state index contributed by atoms with van der Waals surface area (Å²) >= 11 is 0. The second-order valence-electron chi connectivity index (χ2n) is 3.76. The van der Waals surface area contributed by atoms with Crippen molar-refractivity contribution in [2.75, 3.05) is 13.1 Å². The monoisotopic (exact) mass is 198 g/mol. The van der Waals surface area contributed by atoms with Gasteiger partial charge in [0.15, 0.2) is 0 Å². The Balaban J connectivity index is 2.35. The van der Waals surface area contributed by atoms with E-state index in [1.807, 2.05) is 18.2 Å². The Hall–Kier alpha value is -1.59. The lowest BCUT2D eigenvalue weighted by molar-refractivity contribution is 0.249. The molecule has 1 heterocycles. The summed E-state index contributed by atoms with van der Waals surface area (Å²) < 4.78 is 0. The molecule has 0 spiro atoms. The maximum Gasteiger partial charge on any atom is 0.124 e. The third kappa shape index (κ3) is 1.79. The zero-order valence-electron chi connectivity index (χ0n) is 8.69.